The molecule has 5 nitrogen and oxygen atoms in total. The van der Waals surface area contributed by atoms with Gasteiger partial charge in [-0.05, 0) is 37.3 Å². The quantitative estimate of drug-likeness (QED) is 0.818. The van der Waals surface area contributed by atoms with Crippen molar-refractivity contribution in [3.63, 3.8) is 0 Å². The number of hydrogen-bond donors (Lipinski definition) is 2. The molecule has 0 aromatic heterocycles. The molecular formula is C18H23F2N3O2. The summed E-state index contributed by atoms with van der Waals surface area (Å²) in [6, 6.07) is 2.70. The molecule has 25 heavy (non-hydrogen) atoms. The summed E-state index contributed by atoms with van der Waals surface area (Å²) in [6.45, 7) is 2.70. The minimum absolute atomic E-state index is 0.0716. The molecule has 0 bridgehead atoms. The number of hydrogen-bond acceptors (Lipinski definition) is 3. The van der Waals surface area contributed by atoms with Crippen LogP contribution >= 0.6 is 0 Å². The molecule has 2 amide bonds. The molecule has 0 radical (unpaired) electrons. The van der Waals surface area contributed by atoms with Gasteiger partial charge in [-0.25, -0.2) is 8.78 Å². The van der Waals surface area contributed by atoms with Gasteiger partial charge in [-0.1, -0.05) is 12.8 Å². The van der Waals surface area contributed by atoms with Gasteiger partial charge in [-0.15, -0.1) is 0 Å². The molecule has 2 fully saturated rings. The van der Waals surface area contributed by atoms with Gasteiger partial charge < -0.3 is 15.5 Å². The summed E-state index contributed by atoms with van der Waals surface area (Å²) in [5.74, 6) is -2.64. The zero-order chi connectivity index (χ0) is 17.8. The predicted molar refractivity (Wildman–Crippen MR) is 89.9 cm³/mol. The van der Waals surface area contributed by atoms with Crippen LogP contribution in [0, 0.1) is 17.6 Å². The summed E-state index contributed by atoms with van der Waals surface area (Å²) in [6.07, 6.45) is 5.96. The standard InChI is InChI=1S/C18H23F2N3O2/c19-13-5-6-16(15(20)9-13)22-18(25)17(24)21-14-7-8-23(11-14)10-12-3-1-2-4-12/h5-6,9,12,14H,1-4,7-8,10-11H2,(H,21,24)(H,22,25)/t14-/m0/s1. The van der Waals surface area contributed by atoms with Gasteiger partial charge in [0.2, 0.25) is 0 Å². The largest absolute Gasteiger partial charge is 0.344 e. The Morgan fingerprint density at radius 1 is 1.12 bits per heavy atom. The molecule has 1 atom stereocenters. The normalized spacial score (nSPS) is 21.4. The molecular weight excluding hydrogens is 328 g/mol. The van der Waals surface area contributed by atoms with Gasteiger partial charge in [0.15, 0.2) is 0 Å². The second kappa shape index (κ2) is 7.91. The molecule has 1 saturated carbocycles. The summed E-state index contributed by atoms with van der Waals surface area (Å²) in [5.41, 5.74) is -0.212. The van der Waals surface area contributed by atoms with Crippen LogP contribution in [-0.4, -0.2) is 42.4 Å². The summed E-state index contributed by atoms with van der Waals surface area (Å²) in [7, 11) is 0. The maximum absolute atomic E-state index is 13.5. The molecule has 0 unspecified atom stereocenters. The number of benzene rings is 1. The Morgan fingerprint density at radius 2 is 1.88 bits per heavy atom. The van der Waals surface area contributed by atoms with Crippen molar-refractivity contribution in [2.45, 2.75) is 38.1 Å². The number of carbonyl (C=O) groups excluding carboxylic acids is 2. The maximum Gasteiger partial charge on any atom is 0.313 e. The first-order valence-electron chi connectivity index (χ1n) is 8.80. The third-order valence-corrected chi connectivity index (χ3v) is 4.98. The molecule has 136 valence electrons. The van der Waals surface area contributed by atoms with Gasteiger partial charge >= 0.3 is 11.8 Å². The Bertz CT molecular complexity index is 647. The topological polar surface area (TPSA) is 61.4 Å². The predicted octanol–water partition coefficient (Wildman–Crippen LogP) is 2.28. The van der Waals surface area contributed by atoms with Crippen molar-refractivity contribution in [3.05, 3.63) is 29.8 Å². The van der Waals surface area contributed by atoms with Crippen LogP contribution in [0.1, 0.15) is 32.1 Å². The smallest absolute Gasteiger partial charge is 0.313 e. The van der Waals surface area contributed by atoms with Gasteiger partial charge in [0, 0.05) is 31.7 Å². The van der Waals surface area contributed by atoms with Crippen molar-refractivity contribution in [2.75, 3.05) is 25.0 Å². The van der Waals surface area contributed by atoms with Crippen LogP contribution < -0.4 is 10.6 Å². The van der Waals surface area contributed by atoms with Crippen molar-refractivity contribution in [1.82, 2.24) is 10.2 Å². The minimum Gasteiger partial charge on any atom is -0.344 e. The maximum atomic E-state index is 13.5. The molecule has 1 aliphatic heterocycles. The molecule has 2 aliphatic rings. The second-order valence-electron chi connectivity index (χ2n) is 6.95. The van der Waals surface area contributed by atoms with Gasteiger partial charge in [-0.3, -0.25) is 9.59 Å². The van der Waals surface area contributed by atoms with Crippen molar-refractivity contribution in [2.24, 2.45) is 5.92 Å². The highest BCUT2D eigenvalue weighted by molar-refractivity contribution is 6.39. The van der Waals surface area contributed by atoms with E-state index in [0.717, 1.165) is 44.1 Å². The molecule has 2 N–H and O–H groups in total. The van der Waals surface area contributed by atoms with Crippen molar-refractivity contribution >= 4 is 17.5 Å². The highest BCUT2D eigenvalue weighted by Gasteiger charge is 2.28. The van der Waals surface area contributed by atoms with Gasteiger partial charge in [0.05, 0.1) is 5.69 Å². The van der Waals surface area contributed by atoms with E-state index in [1.807, 2.05) is 0 Å². The van der Waals surface area contributed by atoms with Crippen molar-refractivity contribution < 1.29 is 18.4 Å². The van der Waals surface area contributed by atoms with Crippen LogP contribution in [0.3, 0.4) is 0 Å². The number of amides is 2. The van der Waals surface area contributed by atoms with Crippen LogP contribution in [0.25, 0.3) is 0 Å². The van der Waals surface area contributed by atoms with Gasteiger partial charge in [0.25, 0.3) is 0 Å². The van der Waals surface area contributed by atoms with E-state index in [9.17, 15) is 18.4 Å². The third-order valence-electron chi connectivity index (χ3n) is 4.98. The average molecular weight is 351 g/mol. The molecule has 1 aliphatic carbocycles. The fourth-order valence-electron chi connectivity index (χ4n) is 3.70. The number of likely N-dealkylation sites (tertiary alicyclic amines) is 1. The van der Waals surface area contributed by atoms with E-state index >= 15 is 0 Å². The molecule has 7 heteroatoms. The zero-order valence-electron chi connectivity index (χ0n) is 14.1. The van der Waals surface area contributed by atoms with Crippen molar-refractivity contribution in [1.29, 1.82) is 0 Å². The zero-order valence-corrected chi connectivity index (χ0v) is 14.1. The van der Waals surface area contributed by atoms with E-state index in [1.54, 1.807) is 0 Å². The highest BCUT2D eigenvalue weighted by atomic mass is 19.1. The van der Waals surface area contributed by atoms with Crippen LogP contribution in [-0.2, 0) is 9.59 Å². The number of nitrogens with zero attached hydrogens (tertiary/aromatic N) is 1. The Labute approximate surface area is 145 Å². The first kappa shape index (κ1) is 17.8. The number of nitrogens with one attached hydrogen (secondary N) is 2. The number of rotatable bonds is 4. The first-order chi connectivity index (χ1) is 12.0. The molecule has 1 aromatic rings. The lowest BCUT2D eigenvalue weighted by Gasteiger charge is -2.20. The number of anilines is 1. The average Bonchev–Trinajstić information content (AvgIpc) is 3.22. The van der Waals surface area contributed by atoms with E-state index in [1.165, 1.54) is 25.7 Å². The van der Waals surface area contributed by atoms with Crippen LogP contribution in [0.15, 0.2) is 18.2 Å². The second-order valence-corrected chi connectivity index (χ2v) is 6.95. The SMILES string of the molecule is O=C(Nc1ccc(F)cc1F)C(=O)N[C@H]1CCN(CC2CCCC2)C1. The summed E-state index contributed by atoms with van der Waals surface area (Å²) < 4.78 is 26.4. The Kier molecular flexibility index (Phi) is 5.63. The summed E-state index contributed by atoms with van der Waals surface area (Å²) in [4.78, 5) is 26.2. The highest BCUT2D eigenvalue weighted by Crippen LogP contribution is 2.26. The lowest BCUT2D eigenvalue weighted by atomic mass is 10.1. The van der Waals surface area contributed by atoms with E-state index < -0.39 is 23.4 Å². The monoisotopic (exact) mass is 351 g/mol. The molecule has 1 aromatic carbocycles. The lowest BCUT2D eigenvalue weighted by Crippen LogP contribution is -2.43. The third kappa shape index (κ3) is 4.75. The van der Waals surface area contributed by atoms with E-state index in [-0.39, 0.29) is 11.7 Å². The molecule has 0 spiro atoms. The van der Waals surface area contributed by atoms with Gasteiger partial charge in [0.1, 0.15) is 11.6 Å². The fourth-order valence-corrected chi connectivity index (χ4v) is 3.70. The lowest BCUT2D eigenvalue weighted by molar-refractivity contribution is -0.136. The Morgan fingerprint density at radius 3 is 2.60 bits per heavy atom. The summed E-state index contributed by atoms with van der Waals surface area (Å²) in [5, 5.41) is 4.87. The Balaban J connectivity index is 1.46. The van der Waals surface area contributed by atoms with E-state index in [0.29, 0.717) is 6.07 Å². The van der Waals surface area contributed by atoms with Crippen molar-refractivity contribution in [3.8, 4) is 0 Å². The van der Waals surface area contributed by atoms with Crippen LogP contribution in [0.2, 0.25) is 0 Å². The fraction of sp³-hybridized carbons (Fsp3) is 0.556. The van der Waals surface area contributed by atoms with Gasteiger partial charge in [-0.2, -0.15) is 0 Å². The molecule has 3 rings (SSSR count). The van der Waals surface area contributed by atoms with Crippen LogP contribution in [0.4, 0.5) is 14.5 Å². The molecule has 1 heterocycles. The van der Waals surface area contributed by atoms with Crippen LogP contribution in [0.5, 0.6) is 0 Å². The number of halogens is 2. The first-order valence-corrected chi connectivity index (χ1v) is 8.80. The Hall–Kier alpha value is -2.02. The van der Waals surface area contributed by atoms with E-state index in [2.05, 4.69) is 15.5 Å². The van der Waals surface area contributed by atoms with E-state index in [4.69, 9.17) is 0 Å². The summed E-state index contributed by atoms with van der Waals surface area (Å²) >= 11 is 0. The number of carbonyl (C=O) groups is 2. The minimum atomic E-state index is -0.945. The molecule has 1 saturated heterocycles.